The number of hydrogen-bond acceptors (Lipinski definition) is 4. The Hall–Kier alpha value is -1.55. The zero-order valence-corrected chi connectivity index (χ0v) is 13.9. The van der Waals surface area contributed by atoms with Gasteiger partial charge in [-0.25, -0.2) is 10.4 Å². The fourth-order valence-electron chi connectivity index (χ4n) is 5.23. The summed E-state index contributed by atoms with van der Waals surface area (Å²) in [5.41, 5.74) is 11.1. The summed E-state index contributed by atoms with van der Waals surface area (Å²) in [4.78, 5) is 7.55. The molecule has 23 heavy (non-hydrogen) atoms. The van der Waals surface area contributed by atoms with Gasteiger partial charge in [-0.1, -0.05) is 0 Å². The van der Waals surface area contributed by atoms with Gasteiger partial charge in [-0.15, -0.1) is 0 Å². The van der Waals surface area contributed by atoms with E-state index in [2.05, 4.69) is 41.0 Å². The summed E-state index contributed by atoms with van der Waals surface area (Å²) in [6.45, 7) is 1.17. The molecule has 3 saturated carbocycles. The van der Waals surface area contributed by atoms with Gasteiger partial charge in [0.15, 0.2) is 0 Å². The molecule has 6 rings (SSSR count). The Morgan fingerprint density at radius 3 is 2.87 bits per heavy atom. The molecule has 0 radical (unpaired) electrons. The third-order valence-corrected chi connectivity index (χ3v) is 6.53. The molecule has 2 aliphatic heterocycles. The van der Waals surface area contributed by atoms with Crippen LogP contribution in [-0.4, -0.2) is 25.1 Å². The first kappa shape index (κ1) is 13.8. The second-order valence-corrected chi connectivity index (χ2v) is 7.93. The molecule has 1 aromatic rings. The van der Waals surface area contributed by atoms with Crippen LogP contribution in [0.25, 0.3) is 0 Å². The maximum atomic E-state index is 5.18. The maximum Gasteiger partial charge on any atom is 0.144 e. The molecule has 5 aliphatic rings. The van der Waals surface area contributed by atoms with Crippen molar-refractivity contribution in [2.45, 2.75) is 50.6 Å². The van der Waals surface area contributed by atoms with Crippen LogP contribution in [0.1, 0.15) is 49.7 Å². The molecule has 2 N–H and O–H groups in total. The van der Waals surface area contributed by atoms with E-state index in [0.717, 1.165) is 11.8 Å². The number of aliphatic imine (C=N–C) groups is 1. The Kier molecular flexibility index (Phi) is 2.99. The van der Waals surface area contributed by atoms with E-state index in [1.165, 1.54) is 68.3 Å². The molecule has 122 valence electrons. The number of rotatable bonds is 1. The standard InChI is InChI=1S/C19H26N4/c1-23-10-2-3-14-11-15(6-9-17(14)23)18-20-19(22-21-18)12-13-4-7-16(19)8-5-13/h6,9,11,13,16,22H,2-5,7-8,10,12H2,1H3,(H,20,21)/t13?,16?,19-/m0/s1. The first-order valence-corrected chi connectivity index (χ1v) is 9.21. The van der Waals surface area contributed by atoms with Crippen molar-refractivity contribution in [1.29, 1.82) is 0 Å². The Labute approximate surface area is 138 Å². The largest absolute Gasteiger partial charge is 0.374 e. The predicted molar refractivity (Wildman–Crippen MR) is 93.6 cm³/mol. The number of anilines is 1. The molecule has 3 fully saturated rings. The van der Waals surface area contributed by atoms with E-state index in [1.807, 2.05) is 0 Å². The SMILES string of the molecule is CN1CCCc2cc(C3=N[C@@]4(CC5CCC4CC5)NN3)ccc21. The van der Waals surface area contributed by atoms with Crippen LogP contribution in [0.2, 0.25) is 0 Å². The van der Waals surface area contributed by atoms with Crippen LogP contribution in [0.15, 0.2) is 23.2 Å². The van der Waals surface area contributed by atoms with E-state index in [-0.39, 0.29) is 5.66 Å². The number of hydrogen-bond donors (Lipinski definition) is 2. The van der Waals surface area contributed by atoms with Crippen molar-refractivity contribution in [3.8, 4) is 0 Å². The van der Waals surface area contributed by atoms with E-state index >= 15 is 0 Å². The highest BCUT2D eigenvalue weighted by Crippen LogP contribution is 2.48. The van der Waals surface area contributed by atoms with Gasteiger partial charge in [-0.3, -0.25) is 0 Å². The summed E-state index contributed by atoms with van der Waals surface area (Å²) in [5, 5.41) is 0. The highest BCUT2D eigenvalue weighted by atomic mass is 15.5. The van der Waals surface area contributed by atoms with Crippen molar-refractivity contribution >= 4 is 11.5 Å². The fraction of sp³-hybridized carbons (Fsp3) is 0.632. The number of fused-ring (bicyclic) bond motifs is 3. The van der Waals surface area contributed by atoms with Crippen LogP contribution < -0.4 is 15.8 Å². The van der Waals surface area contributed by atoms with Gasteiger partial charge in [0.05, 0.1) is 0 Å². The quantitative estimate of drug-likeness (QED) is 0.838. The van der Waals surface area contributed by atoms with E-state index in [1.54, 1.807) is 0 Å². The lowest BCUT2D eigenvalue weighted by molar-refractivity contribution is 0.0506. The zero-order valence-electron chi connectivity index (χ0n) is 13.9. The number of hydrazine groups is 1. The molecule has 1 atom stereocenters. The highest BCUT2D eigenvalue weighted by molar-refractivity contribution is 6.00. The molecule has 0 amide bonds. The highest BCUT2D eigenvalue weighted by Gasteiger charge is 2.49. The Bertz CT molecular complexity index is 659. The Morgan fingerprint density at radius 2 is 2.09 bits per heavy atom. The molecule has 0 aromatic heterocycles. The third-order valence-electron chi connectivity index (χ3n) is 6.53. The van der Waals surface area contributed by atoms with Gasteiger partial charge in [0.2, 0.25) is 0 Å². The molecule has 1 spiro atoms. The van der Waals surface area contributed by atoms with Crippen LogP contribution in [-0.2, 0) is 6.42 Å². The van der Waals surface area contributed by atoms with E-state index in [0.29, 0.717) is 5.92 Å². The molecule has 1 aromatic carbocycles. The predicted octanol–water partition coefficient (Wildman–Crippen LogP) is 2.83. The number of amidine groups is 1. The minimum atomic E-state index is -0.0246. The van der Waals surface area contributed by atoms with Crippen molar-refractivity contribution in [2.24, 2.45) is 16.8 Å². The van der Waals surface area contributed by atoms with Crippen LogP contribution in [0.3, 0.4) is 0 Å². The normalized spacial score (nSPS) is 35.2. The van der Waals surface area contributed by atoms with Gasteiger partial charge < -0.3 is 10.3 Å². The molecule has 3 aliphatic carbocycles. The van der Waals surface area contributed by atoms with Crippen molar-refractivity contribution in [2.75, 3.05) is 18.5 Å². The van der Waals surface area contributed by atoms with Crippen molar-refractivity contribution < 1.29 is 0 Å². The van der Waals surface area contributed by atoms with Crippen LogP contribution in [0.5, 0.6) is 0 Å². The van der Waals surface area contributed by atoms with Gasteiger partial charge in [-0.05, 0) is 80.5 Å². The summed E-state index contributed by atoms with van der Waals surface area (Å²) in [6, 6.07) is 6.85. The number of nitrogens with one attached hydrogen (secondary N) is 2. The molecule has 0 saturated heterocycles. The average Bonchev–Trinajstić information content (AvgIpc) is 2.99. The van der Waals surface area contributed by atoms with Crippen molar-refractivity contribution in [1.82, 2.24) is 10.9 Å². The minimum absolute atomic E-state index is 0.0246. The lowest BCUT2D eigenvalue weighted by atomic mass is 9.65. The van der Waals surface area contributed by atoms with Crippen LogP contribution in [0, 0.1) is 11.8 Å². The average molecular weight is 310 g/mol. The Balaban J connectivity index is 1.48. The molecule has 2 bridgehead atoms. The van der Waals surface area contributed by atoms with Crippen LogP contribution >= 0.6 is 0 Å². The molecular formula is C19H26N4. The van der Waals surface area contributed by atoms with Crippen LogP contribution in [0.4, 0.5) is 5.69 Å². The number of nitrogens with zero attached hydrogens (tertiary/aromatic N) is 2. The summed E-state index contributed by atoms with van der Waals surface area (Å²) in [5.74, 6) is 2.63. The van der Waals surface area contributed by atoms with Crippen molar-refractivity contribution in [3.05, 3.63) is 29.3 Å². The lowest BCUT2D eigenvalue weighted by Gasteiger charge is -2.47. The first-order valence-electron chi connectivity index (χ1n) is 9.21. The third kappa shape index (κ3) is 2.11. The van der Waals surface area contributed by atoms with Crippen molar-refractivity contribution in [3.63, 3.8) is 0 Å². The van der Waals surface area contributed by atoms with Gasteiger partial charge >= 0.3 is 0 Å². The van der Waals surface area contributed by atoms with Gasteiger partial charge in [0, 0.05) is 24.8 Å². The summed E-state index contributed by atoms with van der Waals surface area (Å²) in [6.07, 6.45) is 9.13. The monoisotopic (exact) mass is 310 g/mol. The van der Waals surface area contributed by atoms with Gasteiger partial charge in [0.25, 0.3) is 0 Å². The van der Waals surface area contributed by atoms with Gasteiger partial charge in [-0.2, -0.15) is 0 Å². The smallest absolute Gasteiger partial charge is 0.144 e. The number of benzene rings is 1. The number of aryl methyl sites for hydroxylation is 1. The summed E-state index contributed by atoms with van der Waals surface area (Å²) in [7, 11) is 2.19. The topological polar surface area (TPSA) is 39.7 Å². The second-order valence-electron chi connectivity index (χ2n) is 7.93. The Morgan fingerprint density at radius 1 is 1.22 bits per heavy atom. The molecule has 4 nitrogen and oxygen atoms in total. The molecule has 4 heteroatoms. The fourth-order valence-corrected chi connectivity index (χ4v) is 5.23. The summed E-state index contributed by atoms with van der Waals surface area (Å²) < 4.78 is 0. The first-order chi connectivity index (χ1) is 11.2. The lowest BCUT2D eigenvalue weighted by Crippen LogP contribution is -2.56. The minimum Gasteiger partial charge on any atom is -0.374 e. The second kappa shape index (κ2) is 4.97. The zero-order chi connectivity index (χ0) is 15.4. The van der Waals surface area contributed by atoms with E-state index in [9.17, 15) is 0 Å². The maximum absolute atomic E-state index is 5.18. The van der Waals surface area contributed by atoms with E-state index in [4.69, 9.17) is 4.99 Å². The summed E-state index contributed by atoms with van der Waals surface area (Å²) >= 11 is 0. The molecule has 2 heterocycles. The van der Waals surface area contributed by atoms with E-state index < -0.39 is 0 Å². The van der Waals surface area contributed by atoms with Gasteiger partial charge in [0.1, 0.15) is 11.5 Å². The molecular weight excluding hydrogens is 284 g/mol. The molecule has 0 unspecified atom stereocenters.